The summed E-state index contributed by atoms with van der Waals surface area (Å²) < 4.78 is 2.86. The number of fused-ring (bicyclic) bond motifs is 2. The molecule has 0 saturated heterocycles. The maximum Gasteiger partial charge on any atom is 0.195 e. The van der Waals surface area contributed by atoms with E-state index in [1.807, 2.05) is 24.3 Å². The van der Waals surface area contributed by atoms with Crippen LogP contribution in [-0.2, 0) is 0 Å². The Kier molecular flexibility index (Phi) is 3.06. The lowest BCUT2D eigenvalue weighted by molar-refractivity contribution is 0.431. The van der Waals surface area contributed by atoms with Gasteiger partial charge in [-0.05, 0) is 43.0 Å². The van der Waals surface area contributed by atoms with Crippen LogP contribution < -0.4 is 0 Å². The Morgan fingerprint density at radius 3 is 2.67 bits per heavy atom. The zero-order valence-electron chi connectivity index (χ0n) is 13.0. The number of aromatic amines is 2. The van der Waals surface area contributed by atoms with Gasteiger partial charge >= 0.3 is 0 Å². The zero-order chi connectivity index (χ0) is 16.1. The molecule has 6 heteroatoms. The van der Waals surface area contributed by atoms with Crippen LogP contribution in [0.1, 0.15) is 18.9 Å². The van der Waals surface area contributed by atoms with E-state index < -0.39 is 0 Å². The predicted octanol–water partition coefficient (Wildman–Crippen LogP) is 4.13. The van der Waals surface area contributed by atoms with Gasteiger partial charge in [0.2, 0.25) is 0 Å². The number of hydrogen-bond donors (Lipinski definition) is 2. The summed E-state index contributed by atoms with van der Waals surface area (Å²) in [7, 11) is 0. The predicted molar refractivity (Wildman–Crippen MR) is 94.8 cm³/mol. The van der Waals surface area contributed by atoms with Crippen molar-refractivity contribution in [2.24, 2.45) is 11.8 Å². The molecule has 1 aromatic carbocycles. The van der Waals surface area contributed by atoms with Crippen molar-refractivity contribution in [3.05, 3.63) is 53.3 Å². The number of rotatable bonds is 3. The number of nitrogens with zero attached hydrogens (tertiary/aromatic N) is 3. The summed E-state index contributed by atoms with van der Waals surface area (Å²) in [6.07, 6.45) is 7.05. The van der Waals surface area contributed by atoms with Crippen LogP contribution in [0, 0.1) is 16.6 Å². The smallest absolute Gasteiger partial charge is 0.195 e. The first-order valence-corrected chi connectivity index (χ1v) is 8.67. The first kappa shape index (κ1) is 13.9. The molecule has 2 bridgehead atoms. The molecule has 2 N–H and O–H groups in total. The third-order valence-electron chi connectivity index (χ3n) is 5.17. The molecule has 3 aromatic rings. The Bertz CT molecular complexity index is 965. The second-order valence-electron chi connectivity index (χ2n) is 6.60. The lowest BCUT2D eigenvalue weighted by atomic mass is 10.0. The number of benzene rings is 1. The second kappa shape index (κ2) is 5.27. The van der Waals surface area contributed by atoms with E-state index in [9.17, 15) is 0 Å². The lowest BCUT2D eigenvalue weighted by Gasteiger charge is -2.20. The highest BCUT2D eigenvalue weighted by molar-refractivity contribution is 7.71. The minimum atomic E-state index is 0.393. The lowest BCUT2D eigenvalue weighted by Crippen LogP contribution is -2.15. The van der Waals surface area contributed by atoms with Crippen LogP contribution in [0.25, 0.3) is 22.8 Å². The standard InChI is InChI=1S/C18H17N5S/c24-18-22-21-17(23(18)16-9-11-6-7-13(16)8-11)15-10-14(19-20-15)12-4-2-1-3-5-12/h1-7,10-11,13,16H,8-9H2,(H,19,20)(H,22,24)/t11-,13-,16-/m0/s1. The summed E-state index contributed by atoms with van der Waals surface area (Å²) in [6.45, 7) is 0. The molecule has 3 atom stereocenters. The third-order valence-corrected chi connectivity index (χ3v) is 5.46. The average Bonchev–Trinajstić information content (AvgIpc) is 3.38. The van der Waals surface area contributed by atoms with E-state index in [0.717, 1.165) is 29.2 Å². The third kappa shape index (κ3) is 2.10. The monoisotopic (exact) mass is 335 g/mol. The maximum atomic E-state index is 5.51. The number of hydrogen-bond acceptors (Lipinski definition) is 3. The molecule has 120 valence electrons. The fraction of sp³-hybridized carbons (Fsp3) is 0.278. The fourth-order valence-corrected chi connectivity index (χ4v) is 4.31. The SMILES string of the molecule is S=c1[nH]nc(-c2cc(-c3ccccc3)n[nH]2)n1[C@H]1C[C@H]2C=C[C@H]1C2. The molecule has 2 aliphatic carbocycles. The van der Waals surface area contributed by atoms with E-state index in [-0.39, 0.29) is 0 Å². The average molecular weight is 335 g/mol. The van der Waals surface area contributed by atoms with Gasteiger partial charge in [0.25, 0.3) is 0 Å². The van der Waals surface area contributed by atoms with Gasteiger partial charge in [-0.1, -0.05) is 42.5 Å². The minimum absolute atomic E-state index is 0.393. The van der Waals surface area contributed by atoms with Crippen molar-refractivity contribution in [3.63, 3.8) is 0 Å². The highest BCUT2D eigenvalue weighted by Gasteiger charge is 2.38. The van der Waals surface area contributed by atoms with E-state index in [1.54, 1.807) is 0 Å². The highest BCUT2D eigenvalue weighted by Crippen LogP contribution is 2.47. The van der Waals surface area contributed by atoms with Crippen molar-refractivity contribution < 1.29 is 0 Å². The molecule has 5 nitrogen and oxygen atoms in total. The zero-order valence-corrected chi connectivity index (χ0v) is 13.8. The van der Waals surface area contributed by atoms with Crippen molar-refractivity contribution in [3.8, 4) is 22.8 Å². The summed E-state index contributed by atoms with van der Waals surface area (Å²) >= 11 is 5.51. The summed E-state index contributed by atoms with van der Waals surface area (Å²) in [6, 6.07) is 12.6. The summed E-state index contributed by atoms with van der Waals surface area (Å²) in [5.74, 6) is 2.10. The van der Waals surface area contributed by atoms with Gasteiger partial charge in [-0.25, -0.2) is 0 Å². The molecule has 1 saturated carbocycles. The van der Waals surface area contributed by atoms with Crippen molar-refractivity contribution in [2.75, 3.05) is 0 Å². The Balaban J connectivity index is 1.56. The first-order chi connectivity index (χ1) is 11.8. The van der Waals surface area contributed by atoms with Gasteiger partial charge in [0, 0.05) is 11.6 Å². The number of allylic oxidation sites excluding steroid dienone is 2. The van der Waals surface area contributed by atoms with Gasteiger partial charge < -0.3 is 0 Å². The van der Waals surface area contributed by atoms with E-state index in [1.165, 1.54) is 6.42 Å². The van der Waals surface area contributed by atoms with Gasteiger partial charge in [0.05, 0.1) is 5.69 Å². The molecular formula is C18H17N5S. The van der Waals surface area contributed by atoms with Crippen LogP contribution in [-0.4, -0.2) is 25.0 Å². The molecule has 2 aromatic heterocycles. The molecule has 2 heterocycles. The molecule has 24 heavy (non-hydrogen) atoms. The molecule has 0 amide bonds. The molecule has 0 radical (unpaired) electrons. The molecule has 0 spiro atoms. The Morgan fingerprint density at radius 1 is 1.04 bits per heavy atom. The van der Waals surface area contributed by atoms with Gasteiger partial charge in [-0.2, -0.15) is 10.2 Å². The molecular weight excluding hydrogens is 318 g/mol. The van der Waals surface area contributed by atoms with E-state index in [0.29, 0.717) is 22.6 Å². The quantitative estimate of drug-likeness (QED) is 0.559. The molecule has 1 fully saturated rings. The Morgan fingerprint density at radius 2 is 1.92 bits per heavy atom. The largest absolute Gasteiger partial charge is 0.295 e. The van der Waals surface area contributed by atoms with Crippen LogP contribution in [0.15, 0.2) is 48.6 Å². The van der Waals surface area contributed by atoms with Crippen molar-refractivity contribution in [2.45, 2.75) is 18.9 Å². The van der Waals surface area contributed by atoms with E-state index in [2.05, 4.69) is 49.2 Å². The number of aromatic nitrogens is 5. The van der Waals surface area contributed by atoms with Crippen LogP contribution in [0.2, 0.25) is 0 Å². The summed E-state index contributed by atoms with van der Waals surface area (Å²) in [5.41, 5.74) is 2.90. The molecule has 0 aliphatic heterocycles. The van der Waals surface area contributed by atoms with Crippen LogP contribution in [0.5, 0.6) is 0 Å². The van der Waals surface area contributed by atoms with Gasteiger partial charge in [0.15, 0.2) is 10.6 Å². The first-order valence-electron chi connectivity index (χ1n) is 8.26. The van der Waals surface area contributed by atoms with Crippen LogP contribution in [0.4, 0.5) is 0 Å². The fourth-order valence-electron chi connectivity index (χ4n) is 4.04. The highest BCUT2D eigenvalue weighted by atomic mass is 32.1. The van der Waals surface area contributed by atoms with Gasteiger partial charge in [-0.3, -0.25) is 14.8 Å². The van der Waals surface area contributed by atoms with Gasteiger partial charge in [0.1, 0.15) is 5.69 Å². The summed E-state index contributed by atoms with van der Waals surface area (Å²) in [4.78, 5) is 0. The topological polar surface area (TPSA) is 62.3 Å². The normalized spacial score (nSPS) is 24.8. The molecule has 0 unspecified atom stereocenters. The van der Waals surface area contributed by atoms with Crippen LogP contribution >= 0.6 is 12.2 Å². The summed E-state index contributed by atoms with van der Waals surface area (Å²) in [5, 5.41) is 15.0. The molecule has 5 rings (SSSR count). The number of nitrogens with one attached hydrogen (secondary N) is 2. The van der Waals surface area contributed by atoms with Crippen LogP contribution in [0.3, 0.4) is 0 Å². The second-order valence-corrected chi connectivity index (χ2v) is 6.99. The van der Waals surface area contributed by atoms with E-state index >= 15 is 0 Å². The minimum Gasteiger partial charge on any atom is -0.295 e. The van der Waals surface area contributed by atoms with Crippen molar-refractivity contribution >= 4 is 12.2 Å². The van der Waals surface area contributed by atoms with Gasteiger partial charge in [-0.15, -0.1) is 0 Å². The Hall–Kier alpha value is -2.47. The van der Waals surface area contributed by atoms with Crippen molar-refractivity contribution in [1.82, 2.24) is 25.0 Å². The molecule has 2 aliphatic rings. The van der Waals surface area contributed by atoms with Crippen molar-refractivity contribution in [1.29, 1.82) is 0 Å². The Labute approximate surface area is 144 Å². The maximum absolute atomic E-state index is 5.51. The van der Waals surface area contributed by atoms with E-state index in [4.69, 9.17) is 12.2 Å². The number of H-pyrrole nitrogens is 2.